The van der Waals surface area contributed by atoms with Gasteiger partial charge in [0.15, 0.2) is 11.2 Å². The molecule has 8 heteroatoms. The van der Waals surface area contributed by atoms with Crippen LogP contribution in [-0.4, -0.2) is 31.2 Å². The van der Waals surface area contributed by atoms with Crippen LogP contribution in [0, 0.1) is 6.92 Å². The summed E-state index contributed by atoms with van der Waals surface area (Å²) >= 11 is 0. The number of benzene rings is 1. The average molecular weight is 316 g/mol. The van der Waals surface area contributed by atoms with Gasteiger partial charge in [-0.25, -0.2) is 4.79 Å². The Hall–Kier alpha value is -2.87. The van der Waals surface area contributed by atoms with Gasteiger partial charge in [-0.2, -0.15) is 4.98 Å². The van der Waals surface area contributed by atoms with Crippen molar-refractivity contribution in [1.29, 1.82) is 0 Å². The van der Waals surface area contributed by atoms with Gasteiger partial charge in [-0.15, -0.1) is 0 Å². The van der Waals surface area contributed by atoms with E-state index in [9.17, 15) is 9.59 Å². The number of rotatable bonds is 5. The summed E-state index contributed by atoms with van der Waals surface area (Å²) in [5, 5.41) is 8.85. The molecule has 0 aliphatic rings. The van der Waals surface area contributed by atoms with Gasteiger partial charge in [0, 0.05) is 13.2 Å². The molecule has 2 heterocycles. The monoisotopic (exact) mass is 316 g/mol. The lowest BCUT2D eigenvalue weighted by atomic mass is 10.2. The number of fused-ring (bicyclic) bond motifs is 1. The maximum atomic E-state index is 12.3. The number of imidazole rings is 1. The number of aliphatic hydroxyl groups is 1. The molecule has 0 amide bonds. The molecule has 3 N–H and O–H groups in total. The average Bonchev–Trinajstić information content (AvgIpc) is 2.89. The number of aromatic nitrogens is 4. The number of ether oxygens (including phenoxy) is 1. The number of hydrogen-bond acceptors (Lipinski definition) is 5. The quantitative estimate of drug-likeness (QED) is 0.647. The van der Waals surface area contributed by atoms with Crippen molar-refractivity contribution in [2.45, 2.75) is 19.9 Å². The second-order valence-electron chi connectivity index (χ2n) is 5.15. The van der Waals surface area contributed by atoms with E-state index in [2.05, 4.69) is 15.0 Å². The van der Waals surface area contributed by atoms with Crippen LogP contribution < -0.4 is 16.0 Å². The number of aliphatic hydroxyl groups excluding tert-OH is 1. The second kappa shape index (κ2) is 6.09. The summed E-state index contributed by atoms with van der Waals surface area (Å²) in [6.45, 7) is 1.96. The largest absolute Gasteiger partial charge is 0.426 e. The fourth-order valence-corrected chi connectivity index (χ4v) is 2.26. The highest BCUT2D eigenvalue weighted by Gasteiger charge is 2.13. The lowest BCUT2D eigenvalue weighted by molar-refractivity contribution is 0.278. The SMILES string of the molecule is Cc1cccc(Oc2nc3[nH]c(=O)n(CCCO)c(=O)c3[nH]2)c1. The maximum Gasteiger partial charge on any atom is 0.330 e. The second-order valence-corrected chi connectivity index (χ2v) is 5.15. The zero-order valence-corrected chi connectivity index (χ0v) is 12.5. The van der Waals surface area contributed by atoms with E-state index < -0.39 is 11.2 Å². The highest BCUT2D eigenvalue weighted by atomic mass is 16.5. The molecule has 0 fully saturated rings. The summed E-state index contributed by atoms with van der Waals surface area (Å²) < 4.78 is 6.60. The molecule has 0 aliphatic heterocycles. The van der Waals surface area contributed by atoms with Crippen LogP contribution in [0.4, 0.5) is 0 Å². The van der Waals surface area contributed by atoms with Gasteiger partial charge in [0.2, 0.25) is 0 Å². The van der Waals surface area contributed by atoms with Crippen LogP contribution in [0.25, 0.3) is 11.2 Å². The Morgan fingerprint density at radius 3 is 2.87 bits per heavy atom. The molecule has 0 bridgehead atoms. The van der Waals surface area contributed by atoms with Crippen LogP contribution in [0.3, 0.4) is 0 Å². The van der Waals surface area contributed by atoms with Crippen molar-refractivity contribution in [3.63, 3.8) is 0 Å². The van der Waals surface area contributed by atoms with E-state index in [4.69, 9.17) is 9.84 Å². The van der Waals surface area contributed by atoms with E-state index in [1.54, 1.807) is 6.07 Å². The molecule has 0 radical (unpaired) electrons. The minimum absolute atomic E-state index is 0.103. The van der Waals surface area contributed by atoms with Gasteiger partial charge in [-0.1, -0.05) is 12.1 Å². The molecule has 0 spiro atoms. The van der Waals surface area contributed by atoms with Crippen molar-refractivity contribution in [3.8, 4) is 11.8 Å². The fourth-order valence-electron chi connectivity index (χ4n) is 2.26. The fraction of sp³-hybridized carbons (Fsp3) is 0.267. The maximum absolute atomic E-state index is 12.3. The first-order chi connectivity index (χ1) is 11.1. The number of nitrogens with zero attached hydrogens (tertiary/aromatic N) is 2. The first kappa shape index (κ1) is 15.0. The van der Waals surface area contributed by atoms with E-state index in [-0.39, 0.29) is 30.3 Å². The van der Waals surface area contributed by atoms with Crippen molar-refractivity contribution >= 4 is 11.2 Å². The molecule has 0 saturated heterocycles. The number of nitrogens with one attached hydrogen (secondary N) is 2. The molecular weight excluding hydrogens is 300 g/mol. The Morgan fingerprint density at radius 1 is 1.30 bits per heavy atom. The minimum Gasteiger partial charge on any atom is -0.426 e. The third kappa shape index (κ3) is 3.02. The van der Waals surface area contributed by atoms with Crippen LogP contribution in [0.5, 0.6) is 11.8 Å². The summed E-state index contributed by atoms with van der Waals surface area (Å²) in [6, 6.07) is 7.50. The highest BCUT2D eigenvalue weighted by molar-refractivity contribution is 5.69. The molecule has 3 aromatic rings. The van der Waals surface area contributed by atoms with Crippen LogP contribution >= 0.6 is 0 Å². The Morgan fingerprint density at radius 2 is 2.13 bits per heavy atom. The Bertz CT molecular complexity index is 954. The predicted molar refractivity (Wildman–Crippen MR) is 83.9 cm³/mol. The van der Waals surface area contributed by atoms with Gasteiger partial charge in [-0.05, 0) is 31.0 Å². The van der Waals surface area contributed by atoms with Crippen molar-refractivity contribution in [3.05, 3.63) is 50.7 Å². The highest BCUT2D eigenvalue weighted by Crippen LogP contribution is 2.20. The molecule has 1 aromatic carbocycles. The lowest BCUT2D eigenvalue weighted by Crippen LogP contribution is -2.35. The van der Waals surface area contributed by atoms with Gasteiger partial charge in [0.25, 0.3) is 5.56 Å². The number of hydrogen-bond donors (Lipinski definition) is 3. The Kier molecular flexibility index (Phi) is 3.98. The summed E-state index contributed by atoms with van der Waals surface area (Å²) in [4.78, 5) is 33.6. The summed E-state index contributed by atoms with van der Waals surface area (Å²) in [5.41, 5.74) is 0.264. The van der Waals surface area contributed by atoms with Crippen LogP contribution in [0.15, 0.2) is 33.9 Å². The summed E-state index contributed by atoms with van der Waals surface area (Å²) in [6.07, 6.45) is 0.315. The van der Waals surface area contributed by atoms with Crippen molar-refractivity contribution in [1.82, 2.24) is 19.5 Å². The lowest BCUT2D eigenvalue weighted by Gasteiger charge is -2.02. The zero-order chi connectivity index (χ0) is 16.4. The Balaban J connectivity index is 2.00. The van der Waals surface area contributed by atoms with E-state index >= 15 is 0 Å². The predicted octanol–water partition coefficient (Wildman–Crippen LogP) is 0.896. The number of aryl methyl sites for hydroxylation is 1. The topological polar surface area (TPSA) is 113 Å². The number of aromatic amines is 2. The molecule has 0 unspecified atom stereocenters. The number of H-pyrrole nitrogens is 2. The van der Waals surface area contributed by atoms with Gasteiger partial charge < -0.3 is 14.8 Å². The van der Waals surface area contributed by atoms with Crippen molar-refractivity contribution in [2.24, 2.45) is 0 Å². The first-order valence-electron chi connectivity index (χ1n) is 7.16. The van der Waals surface area contributed by atoms with Gasteiger partial charge in [0.1, 0.15) is 5.75 Å². The van der Waals surface area contributed by atoms with Crippen LogP contribution in [0.2, 0.25) is 0 Å². The smallest absolute Gasteiger partial charge is 0.330 e. The minimum atomic E-state index is -0.565. The normalized spacial score (nSPS) is 11.0. The molecule has 3 rings (SSSR count). The van der Waals surface area contributed by atoms with E-state index in [0.29, 0.717) is 12.2 Å². The Labute approximate surface area is 130 Å². The van der Waals surface area contributed by atoms with Crippen LogP contribution in [0.1, 0.15) is 12.0 Å². The van der Waals surface area contributed by atoms with E-state index in [0.717, 1.165) is 10.1 Å². The van der Waals surface area contributed by atoms with Gasteiger partial charge >= 0.3 is 11.7 Å². The van der Waals surface area contributed by atoms with Gasteiger partial charge in [0.05, 0.1) is 0 Å². The molecule has 0 saturated carbocycles. The zero-order valence-electron chi connectivity index (χ0n) is 12.5. The molecule has 0 atom stereocenters. The van der Waals surface area contributed by atoms with Crippen LogP contribution in [-0.2, 0) is 6.54 Å². The molecule has 120 valence electrons. The molecule has 8 nitrogen and oxygen atoms in total. The van der Waals surface area contributed by atoms with E-state index in [1.807, 2.05) is 25.1 Å². The molecule has 0 aliphatic carbocycles. The van der Waals surface area contributed by atoms with Gasteiger partial charge in [-0.3, -0.25) is 14.3 Å². The standard InChI is InChI=1S/C15H16N4O4/c1-9-4-2-5-10(8-9)23-14-16-11-12(17-14)18-15(22)19(13(11)21)6-3-7-20/h2,4-5,8,20H,3,6-7H2,1H3,(H,16,17)(H,18,22). The third-order valence-corrected chi connectivity index (χ3v) is 3.36. The third-order valence-electron chi connectivity index (χ3n) is 3.36. The summed E-state index contributed by atoms with van der Waals surface area (Å²) in [5.74, 6) is 0.576. The molecule has 23 heavy (non-hydrogen) atoms. The van der Waals surface area contributed by atoms with E-state index in [1.165, 1.54) is 0 Å². The van der Waals surface area contributed by atoms with Crippen molar-refractivity contribution in [2.75, 3.05) is 6.61 Å². The first-order valence-corrected chi connectivity index (χ1v) is 7.16. The molecule has 2 aromatic heterocycles. The molecular formula is C15H16N4O4. The van der Waals surface area contributed by atoms with Crippen molar-refractivity contribution < 1.29 is 9.84 Å². The summed E-state index contributed by atoms with van der Waals surface area (Å²) in [7, 11) is 0.